The van der Waals surface area contributed by atoms with E-state index in [0.717, 1.165) is 5.69 Å². The quantitative estimate of drug-likeness (QED) is 0.885. The van der Waals surface area contributed by atoms with Crippen LogP contribution in [-0.4, -0.2) is 33.1 Å². The normalized spacial score (nSPS) is 12.2. The van der Waals surface area contributed by atoms with Crippen LogP contribution in [0, 0.1) is 5.92 Å². The summed E-state index contributed by atoms with van der Waals surface area (Å²) in [5, 5.41) is 6.87. The molecule has 0 saturated carbocycles. The molecule has 1 N–H and O–H groups in total. The highest BCUT2D eigenvalue weighted by Gasteiger charge is 2.22. The number of rotatable bonds is 6. The number of aryl methyl sites for hydroxylation is 1. The van der Waals surface area contributed by atoms with E-state index in [-0.39, 0.29) is 18.0 Å². The van der Waals surface area contributed by atoms with Crippen molar-refractivity contribution in [1.82, 2.24) is 25.3 Å². The Kier molecular flexibility index (Phi) is 5.67. The third kappa shape index (κ3) is 4.51. The van der Waals surface area contributed by atoms with Gasteiger partial charge in [0.25, 0.3) is 0 Å². The van der Waals surface area contributed by atoms with Crippen molar-refractivity contribution < 1.29 is 9.32 Å². The SMILES string of the molecule is CCc1nc(CN(C)C(=O)NC(c2ccccn2)C(C)C)no1. The van der Waals surface area contributed by atoms with Crippen LogP contribution in [0.15, 0.2) is 28.9 Å². The minimum absolute atomic E-state index is 0.150. The second-order valence-electron chi connectivity index (χ2n) is 5.74. The molecule has 2 aromatic rings. The van der Waals surface area contributed by atoms with Crippen LogP contribution >= 0.6 is 0 Å². The molecule has 0 saturated heterocycles. The summed E-state index contributed by atoms with van der Waals surface area (Å²) < 4.78 is 5.05. The van der Waals surface area contributed by atoms with Crippen LogP contribution < -0.4 is 5.32 Å². The highest BCUT2D eigenvalue weighted by Crippen LogP contribution is 2.19. The molecule has 1 atom stereocenters. The smallest absolute Gasteiger partial charge is 0.318 e. The fraction of sp³-hybridized carbons (Fsp3) is 0.500. The topological polar surface area (TPSA) is 84.2 Å². The molecule has 0 aromatic carbocycles. The number of hydrogen-bond donors (Lipinski definition) is 1. The van der Waals surface area contributed by atoms with Crippen molar-refractivity contribution in [1.29, 1.82) is 0 Å². The summed E-state index contributed by atoms with van der Waals surface area (Å²) in [4.78, 5) is 22.5. The van der Waals surface area contributed by atoms with Crippen molar-refractivity contribution in [3.63, 3.8) is 0 Å². The van der Waals surface area contributed by atoms with E-state index in [2.05, 4.69) is 20.4 Å². The Hall–Kier alpha value is -2.44. The van der Waals surface area contributed by atoms with Crippen molar-refractivity contribution >= 4 is 6.03 Å². The van der Waals surface area contributed by atoms with Gasteiger partial charge in [0.1, 0.15) is 0 Å². The number of nitrogens with one attached hydrogen (secondary N) is 1. The van der Waals surface area contributed by atoms with E-state index < -0.39 is 0 Å². The third-order valence-electron chi connectivity index (χ3n) is 3.49. The van der Waals surface area contributed by atoms with E-state index in [1.165, 1.54) is 4.90 Å². The molecule has 0 spiro atoms. The molecule has 23 heavy (non-hydrogen) atoms. The van der Waals surface area contributed by atoms with Crippen molar-refractivity contribution in [2.75, 3.05) is 7.05 Å². The zero-order valence-corrected chi connectivity index (χ0v) is 14.0. The van der Waals surface area contributed by atoms with E-state index in [0.29, 0.717) is 24.7 Å². The van der Waals surface area contributed by atoms with Gasteiger partial charge in [0.15, 0.2) is 5.82 Å². The molecule has 0 aliphatic carbocycles. The molecular weight excluding hydrogens is 294 g/mol. The lowest BCUT2D eigenvalue weighted by Crippen LogP contribution is -2.41. The Morgan fingerprint density at radius 1 is 1.39 bits per heavy atom. The first-order valence-corrected chi connectivity index (χ1v) is 7.75. The van der Waals surface area contributed by atoms with Crippen molar-refractivity contribution in [3.8, 4) is 0 Å². The summed E-state index contributed by atoms with van der Waals surface area (Å²) in [5.74, 6) is 1.29. The Morgan fingerprint density at radius 3 is 2.74 bits per heavy atom. The van der Waals surface area contributed by atoms with Crippen LogP contribution in [-0.2, 0) is 13.0 Å². The van der Waals surface area contributed by atoms with Gasteiger partial charge in [0.05, 0.1) is 18.3 Å². The van der Waals surface area contributed by atoms with E-state index in [4.69, 9.17) is 4.52 Å². The van der Waals surface area contributed by atoms with Crippen LogP contribution in [0.3, 0.4) is 0 Å². The van der Waals surface area contributed by atoms with Crippen molar-refractivity contribution in [2.24, 2.45) is 5.92 Å². The molecular formula is C16H23N5O2. The second-order valence-corrected chi connectivity index (χ2v) is 5.74. The van der Waals surface area contributed by atoms with E-state index in [9.17, 15) is 4.79 Å². The lowest BCUT2D eigenvalue weighted by Gasteiger charge is -2.25. The third-order valence-corrected chi connectivity index (χ3v) is 3.49. The number of urea groups is 1. The number of nitrogens with zero attached hydrogens (tertiary/aromatic N) is 4. The first-order chi connectivity index (χ1) is 11.0. The Labute approximate surface area is 136 Å². The monoisotopic (exact) mass is 317 g/mol. The number of pyridine rings is 1. The van der Waals surface area contributed by atoms with Gasteiger partial charge < -0.3 is 14.7 Å². The van der Waals surface area contributed by atoms with Crippen molar-refractivity contribution in [2.45, 2.75) is 39.8 Å². The van der Waals surface area contributed by atoms with Crippen LogP contribution in [0.4, 0.5) is 4.79 Å². The van der Waals surface area contributed by atoms with Gasteiger partial charge >= 0.3 is 6.03 Å². The predicted molar refractivity (Wildman–Crippen MR) is 85.5 cm³/mol. The molecule has 7 nitrogen and oxygen atoms in total. The lowest BCUT2D eigenvalue weighted by atomic mass is 10.0. The highest BCUT2D eigenvalue weighted by molar-refractivity contribution is 5.74. The minimum atomic E-state index is -0.197. The van der Waals surface area contributed by atoms with Gasteiger partial charge in [-0.05, 0) is 18.1 Å². The molecule has 2 heterocycles. The van der Waals surface area contributed by atoms with Gasteiger partial charge in [0.2, 0.25) is 5.89 Å². The average molecular weight is 317 g/mol. The lowest BCUT2D eigenvalue weighted by molar-refractivity contribution is 0.196. The Bertz CT molecular complexity index is 626. The van der Waals surface area contributed by atoms with Gasteiger partial charge in [-0.15, -0.1) is 0 Å². The van der Waals surface area contributed by atoms with Gasteiger partial charge in [-0.2, -0.15) is 4.98 Å². The molecule has 0 aliphatic heterocycles. The fourth-order valence-electron chi connectivity index (χ4n) is 2.17. The Balaban J connectivity index is 2.00. The summed E-state index contributed by atoms with van der Waals surface area (Å²) in [6.45, 7) is 6.33. The van der Waals surface area contributed by atoms with Crippen LogP contribution in [0.5, 0.6) is 0 Å². The molecule has 2 rings (SSSR count). The molecule has 2 aromatic heterocycles. The Morgan fingerprint density at radius 2 is 2.17 bits per heavy atom. The van der Waals surface area contributed by atoms with E-state index in [1.54, 1.807) is 13.2 Å². The van der Waals surface area contributed by atoms with E-state index >= 15 is 0 Å². The minimum Gasteiger partial charge on any atom is -0.339 e. The van der Waals surface area contributed by atoms with E-state index in [1.807, 2.05) is 39.0 Å². The number of carbonyl (C=O) groups excluding carboxylic acids is 1. The van der Waals surface area contributed by atoms with Crippen LogP contribution in [0.1, 0.15) is 44.2 Å². The fourth-order valence-corrected chi connectivity index (χ4v) is 2.17. The summed E-state index contributed by atoms with van der Waals surface area (Å²) in [7, 11) is 1.70. The number of hydrogen-bond acceptors (Lipinski definition) is 5. The summed E-state index contributed by atoms with van der Waals surface area (Å²) in [6, 6.07) is 5.34. The van der Waals surface area contributed by atoms with Gasteiger partial charge in [-0.25, -0.2) is 4.79 Å². The first-order valence-electron chi connectivity index (χ1n) is 7.75. The molecule has 0 radical (unpaired) electrons. The number of carbonyl (C=O) groups is 1. The molecule has 2 amide bonds. The maximum absolute atomic E-state index is 12.4. The van der Waals surface area contributed by atoms with Crippen LogP contribution in [0.2, 0.25) is 0 Å². The molecule has 7 heteroatoms. The molecule has 0 aliphatic rings. The summed E-state index contributed by atoms with van der Waals surface area (Å²) >= 11 is 0. The summed E-state index contributed by atoms with van der Waals surface area (Å²) in [5.41, 5.74) is 0.845. The maximum atomic E-state index is 12.4. The maximum Gasteiger partial charge on any atom is 0.318 e. The predicted octanol–water partition coefficient (Wildman–Crippen LogP) is 2.57. The summed E-state index contributed by atoms with van der Waals surface area (Å²) in [6.07, 6.45) is 2.41. The zero-order valence-electron chi connectivity index (χ0n) is 14.0. The highest BCUT2D eigenvalue weighted by atomic mass is 16.5. The molecule has 0 bridgehead atoms. The zero-order chi connectivity index (χ0) is 16.8. The average Bonchev–Trinajstić information content (AvgIpc) is 3.00. The van der Waals surface area contributed by atoms with Gasteiger partial charge in [-0.3, -0.25) is 4.98 Å². The second kappa shape index (κ2) is 7.71. The molecule has 0 fully saturated rings. The number of aromatic nitrogens is 3. The van der Waals surface area contributed by atoms with Crippen molar-refractivity contribution in [3.05, 3.63) is 41.8 Å². The molecule has 1 unspecified atom stereocenters. The first kappa shape index (κ1) is 16.9. The van der Waals surface area contributed by atoms with Crippen LogP contribution in [0.25, 0.3) is 0 Å². The largest absolute Gasteiger partial charge is 0.339 e. The standard InChI is InChI=1S/C16H23N5O2/c1-5-14-18-13(20-23-14)10-21(4)16(22)19-15(11(2)3)12-8-6-7-9-17-12/h6-9,11,15H,5,10H2,1-4H3,(H,19,22). The van der Waals surface area contributed by atoms with Gasteiger partial charge in [-0.1, -0.05) is 32.0 Å². The van der Waals surface area contributed by atoms with Gasteiger partial charge in [0, 0.05) is 19.7 Å². The number of amides is 2. The molecule has 124 valence electrons.